The van der Waals surface area contributed by atoms with Gasteiger partial charge in [-0.15, -0.1) is 0 Å². The predicted molar refractivity (Wildman–Crippen MR) is 91.8 cm³/mol. The minimum Gasteiger partial charge on any atom is -0.496 e. The number of carboxylic acids is 1. The number of aliphatic carboxylic acids is 1. The van der Waals surface area contributed by atoms with Gasteiger partial charge in [-0.2, -0.15) is 11.8 Å². The molecule has 2 rings (SSSR count). The Morgan fingerprint density at radius 2 is 2.12 bits per heavy atom. The van der Waals surface area contributed by atoms with Gasteiger partial charge in [0.2, 0.25) is 5.91 Å². The molecule has 1 aliphatic heterocycles. The second-order valence-electron chi connectivity index (χ2n) is 5.67. The van der Waals surface area contributed by atoms with Crippen LogP contribution in [0.1, 0.15) is 29.3 Å². The molecule has 7 heteroatoms. The minimum absolute atomic E-state index is 0.0522. The quantitative estimate of drug-likeness (QED) is 0.788. The first kappa shape index (κ1) is 18.3. The number of rotatable bonds is 6. The van der Waals surface area contributed by atoms with E-state index in [1.54, 1.807) is 34.9 Å². The second-order valence-corrected chi connectivity index (χ2v) is 6.82. The van der Waals surface area contributed by atoms with Crippen molar-refractivity contribution in [1.29, 1.82) is 0 Å². The van der Waals surface area contributed by atoms with Gasteiger partial charge in [0, 0.05) is 29.2 Å². The number of amides is 1. The number of ketones is 1. The van der Waals surface area contributed by atoms with Crippen molar-refractivity contribution in [2.24, 2.45) is 0 Å². The highest BCUT2D eigenvalue weighted by Crippen LogP contribution is 2.24. The number of benzene rings is 1. The Morgan fingerprint density at radius 3 is 2.75 bits per heavy atom. The highest BCUT2D eigenvalue weighted by atomic mass is 32.2. The lowest BCUT2D eigenvalue weighted by Crippen LogP contribution is -2.47. The van der Waals surface area contributed by atoms with Gasteiger partial charge in [0.05, 0.1) is 26.0 Å². The average Bonchev–Trinajstić information content (AvgIpc) is 2.54. The number of carbonyl (C=O) groups excluding carboxylic acids is 2. The Hall–Kier alpha value is -2.02. The Morgan fingerprint density at radius 1 is 1.38 bits per heavy atom. The fourth-order valence-electron chi connectivity index (χ4n) is 2.75. The molecule has 6 nitrogen and oxygen atoms in total. The van der Waals surface area contributed by atoms with Crippen LogP contribution in [0, 0.1) is 0 Å². The van der Waals surface area contributed by atoms with Gasteiger partial charge in [-0.05, 0) is 25.1 Å². The molecule has 130 valence electrons. The van der Waals surface area contributed by atoms with E-state index in [4.69, 9.17) is 9.84 Å². The van der Waals surface area contributed by atoms with Crippen LogP contribution in [0.15, 0.2) is 18.2 Å². The van der Waals surface area contributed by atoms with E-state index in [1.165, 1.54) is 14.0 Å². The van der Waals surface area contributed by atoms with E-state index in [0.29, 0.717) is 29.2 Å². The van der Waals surface area contributed by atoms with Crippen molar-refractivity contribution in [3.05, 3.63) is 29.3 Å². The number of thioether (sulfide) groups is 1. The summed E-state index contributed by atoms with van der Waals surface area (Å²) in [5.74, 6) is 0.853. The SMILES string of the molecule is COc1ccc(C(C)=O)cc1CC(=O)N1CCSCC1CC(=O)O. The van der Waals surface area contributed by atoms with E-state index in [9.17, 15) is 14.4 Å². The third-order valence-electron chi connectivity index (χ3n) is 3.99. The number of carboxylic acid groups (broad SMARTS) is 1. The Balaban J connectivity index is 2.19. The smallest absolute Gasteiger partial charge is 0.305 e. The number of carbonyl (C=O) groups is 3. The van der Waals surface area contributed by atoms with Crippen LogP contribution in [0.5, 0.6) is 5.75 Å². The molecule has 0 radical (unpaired) electrons. The summed E-state index contributed by atoms with van der Waals surface area (Å²) in [6.45, 7) is 2.01. The van der Waals surface area contributed by atoms with Crippen LogP contribution in [0.2, 0.25) is 0 Å². The number of methoxy groups -OCH3 is 1. The summed E-state index contributed by atoms with van der Waals surface area (Å²) in [6, 6.07) is 4.72. The van der Waals surface area contributed by atoms with Crippen molar-refractivity contribution in [2.45, 2.75) is 25.8 Å². The maximum atomic E-state index is 12.7. The molecule has 24 heavy (non-hydrogen) atoms. The zero-order valence-electron chi connectivity index (χ0n) is 13.8. The van der Waals surface area contributed by atoms with E-state index in [0.717, 1.165) is 5.75 Å². The molecule has 1 aromatic rings. The first-order valence-corrected chi connectivity index (χ1v) is 8.84. The van der Waals surface area contributed by atoms with Crippen LogP contribution < -0.4 is 4.74 Å². The predicted octanol–water partition coefficient (Wildman–Crippen LogP) is 1.86. The topological polar surface area (TPSA) is 83.9 Å². The number of hydrogen-bond acceptors (Lipinski definition) is 5. The monoisotopic (exact) mass is 351 g/mol. The zero-order valence-corrected chi connectivity index (χ0v) is 14.6. The first-order valence-electron chi connectivity index (χ1n) is 7.69. The van der Waals surface area contributed by atoms with Gasteiger partial charge in [0.15, 0.2) is 5.78 Å². The molecule has 1 heterocycles. The molecule has 1 saturated heterocycles. The number of hydrogen-bond donors (Lipinski definition) is 1. The summed E-state index contributed by atoms with van der Waals surface area (Å²) in [7, 11) is 1.52. The molecule has 0 spiro atoms. The molecule has 1 aliphatic rings. The summed E-state index contributed by atoms with van der Waals surface area (Å²) < 4.78 is 5.28. The molecule has 0 aromatic heterocycles. The molecular weight excluding hydrogens is 330 g/mol. The number of ether oxygens (including phenoxy) is 1. The van der Waals surface area contributed by atoms with Gasteiger partial charge in [0.25, 0.3) is 0 Å². The summed E-state index contributed by atoms with van der Waals surface area (Å²) in [5.41, 5.74) is 1.16. The fourth-order valence-corrected chi connectivity index (χ4v) is 3.82. The summed E-state index contributed by atoms with van der Waals surface area (Å²) in [5, 5.41) is 9.03. The maximum Gasteiger partial charge on any atom is 0.305 e. The summed E-state index contributed by atoms with van der Waals surface area (Å²) >= 11 is 1.66. The van der Waals surface area contributed by atoms with Crippen LogP contribution in [0.25, 0.3) is 0 Å². The largest absolute Gasteiger partial charge is 0.496 e. The van der Waals surface area contributed by atoms with Crippen LogP contribution in [-0.4, -0.2) is 58.9 Å². The Kier molecular flexibility index (Phi) is 6.25. The molecule has 0 saturated carbocycles. The Labute approximate surface area is 145 Å². The lowest BCUT2D eigenvalue weighted by atomic mass is 10.0. The van der Waals surface area contributed by atoms with Crippen molar-refractivity contribution in [3.63, 3.8) is 0 Å². The fraction of sp³-hybridized carbons (Fsp3) is 0.471. The van der Waals surface area contributed by atoms with E-state index < -0.39 is 5.97 Å². The van der Waals surface area contributed by atoms with Gasteiger partial charge in [-0.1, -0.05) is 0 Å². The molecular formula is C17H21NO5S. The zero-order chi connectivity index (χ0) is 17.7. The molecule has 1 aromatic carbocycles. The lowest BCUT2D eigenvalue weighted by molar-refractivity contribution is -0.140. The second kappa shape index (κ2) is 8.19. The minimum atomic E-state index is -0.906. The van der Waals surface area contributed by atoms with Crippen LogP contribution in [-0.2, 0) is 16.0 Å². The van der Waals surface area contributed by atoms with Crippen molar-refractivity contribution < 1.29 is 24.2 Å². The number of Topliss-reactive ketones (excluding diaryl/α,β-unsaturated/α-hetero) is 1. The molecule has 0 aliphatic carbocycles. The lowest BCUT2D eigenvalue weighted by Gasteiger charge is -2.34. The van der Waals surface area contributed by atoms with E-state index in [2.05, 4.69) is 0 Å². The standard InChI is InChI=1S/C17H21NO5S/c1-11(19)12-3-4-15(23-2)13(7-12)8-16(20)18-5-6-24-10-14(18)9-17(21)22/h3-4,7,14H,5-6,8-10H2,1-2H3,(H,21,22). The molecule has 1 unspecified atom stereocenters. The Bertz CT molecular complexity index is 646. The van der Waals surface area contributed by atoms with Crippen LogP contribution in [0.4, 0.5) is 0 Å². The third kappa shape index (κ3) is 4.50. The van der Waals surface area contributed by atoms with Gasteiger partial charge in [-0.25, -0.2) is 0 Å². The molecule has 1 N–H and O–H groups in total. The van der Waals surface area contributed by atoms with E-state index >= 15 is 0 Å². The van der Waals surface area contributed by atoms with E-state index in [1.807, 2.05) is 0 Å². The molecule has 1 amide bonds. The van der Waals surface area contributed by atoms with Crippen LogP contribution >= 0.6 is 11.8 Å². The maximum absolute atomic E-state index is 12.7. The van der Waals surface area contributed by atoms with Crippen molar-refractivity contribution in [3.8, 4) is 5.75 Å². The molecule has 0 bridgehead atoms. The van der Waals surface area contributed by atoms with Gasteiger partial charge < -0.3 is 14.7 Å². The molecule has 1 atom stereocenters. The van der Waals surface area contributed by atoms with Crippen molar-refractivity contribution in [2.75, 3.05) is 25.2 Å². The summed E-state index contributed by atoms with van der Waals surface area (Å²) in [4.78, 5) is 36.9. The first-order chi connectivity index (χ1) is 11.4. The third-order valence-corrected chi connectivity index (χ3v) is 5.08. The highest BCUT2D eigenvalue weighted by molar-refractivity contribution is 7.99. The van der Waals surface area contributed by atoms with Gasteiger partial charge in [-0.3, -0.25) is 14.4 Å². The highest BCUT2D eigenvalue weighted by Gasteiger charge is 2.29. The van der Waals surface area contributed by atoms with E-state index in [-0.39, 0.29) is 30.6 Å². The number of nitrogens with zero attached hydrogens (tertiary/aromatic N) is 1. The van der Waals surface area contributed by atoms with Crippen molar-refractivity contribution in [1.82, 2.24) is 4.90 Å². The average molecular weight is 351 g/mol. The summed E-state index contributed by atoms with van der Waals surface area (Å²) in [6.07, 6.45) is 0.0362. The van der Waals surface area contributed by atoms with Gasteiger partial charge >= 0.3 is 5.97 Å². The van der Waals surface area contributed by atoms with Gasteiger partial charge in [0.1, 0.15) is 5.75 Å². The van der Waals surface area contributed by atoms with Crippen LogP contribution in [0.3, 0.4) is 0 Å². The van der Waals surface area contributed by atoms with Crippen molar-refractivity contribution >= 4 is 29.4 Å². The molecule has 1 fully saturated rings. The normalized spacial score (nSPS) is 17.4.